The molecule has 0 aliphatic rings. The predicted molar refractivity (Wildman–Crippen MR) is 97.0 cm³/mol. The third kappa shape index (κ3) is 2.76. The van der Waals surface area contributed by atoms with E-state index < -0.39 is 18.1 Å². The largest absolute Gasteiger partial charge is 0.480 e. The summed E-state index contributed by atoms with van der Waals surface area (Å²) in [6, 6.07) is 9.92. The molecule has 0 radical (unpaired) electrons. The van der Waals surface area contributed by atoms with E-state index >= 15 is 0 Å². The zero-order valence-corrected chi connectivity index (χ0v) is 14.1. The molecular weight excluding hydrogens is 356 g/mol. The molecule has 8 heteroatoms. The van der Waals surface area contributed by atoms with Crippen LogP contribution in [0.15, 0.2) is 67.5 Å². The Morgan fingerprint density at radius 1 is 1.12 bits per heavy atom. The first-order valence-corrected chi connectivity index (χ1v) is 8.58. The van der Waals surface area contributed by atoms with Gasteiger partial charge in [0.1, 0.15) is 12.2 Å². The van der Waals surface area contributed by atoms with Gasteiger partial charge in [0, 0.05) is 12.3 Å². The molecule has 0 saturated heterocycles. The Labute approximate surface area is 149 Å². The molecule has 0 aliphatic carbocycles. The first-order valence-electron chi connectivity index (χ1n) is 7.64. The molecule has 4 rings (SSSR count). The lowest BCUT2D eigenvalue weighted by atomic mass is 10.1. The average molecular weight is 368 g/mol. The fourth-order valence-corrected chi connectivity index (χ4v) is 3.38. The van der Waals surface area contributed by atoms with Gasteiger partial charge in [0.05, 0.1) is 5.39 Å². The fourth-order valence-electron chi connectivity index (χ4n) is 2.71. The van der Waals surface area contributed by atoms with Crippen molar-refractivity contribution in [1.82, 2.24) is 9.31 Å². The summed E-state index contributed by atoms with van der Waals surface area (Å²) < 4.78 is 7.73. The van der Waals surface area contributed by atoms with Gasteiger partial charge in [-0.1, -0.05) is 6.07 Å². The molecular formula is C18H12N2O5S. The summed E-state index contributed by atoms with van der Waals surface area (Å²) in [4.78, 5) is 35.2. The van der Waals surface area contributed by atoms with Crippen LogP contribution in [-0.4, -0.2) is 20.4 Å². The lowest BCUT2D eigenvalue weighted by Gasteiger charge is -2.04. The number of aromatic nitrogens is 2. The molecule has 0 fully saturated rings. The van der Waals surface area contributed by atoms with Crippen molar-refractivity contribution >= 4 is 28.3 Å². The van der Waals surface area contributed by atoms with Crippen LogP contribution in [0.25, 0.3) is 27.8 Å². The van der Waals surface area contributed by atoms with Crippen LogP contribution < -0.4 is 11.1 Å². The van der Waals surface area contributed by atoms with Crippen molar-refractivity contribution in [3.05, 3.63) is 74.1 Å². The van der Waals surface area contributed by atoms with Crippen molar-refractivity contribution in [2.75, 3.05) is 0 Å². The number of carbonyl (C=O) groups is 1. The highest BCUT2D eigenvalue weighted by Gasteiger charge is 2.14. The molecule has 0 spiro atoms. The molecule has 3 heterocycles. The minimum absolute atomic E-state index is 0.282. The van der Waals surface area contributed by atoms with Crippen LogP contribution in [0.5, 0.6) is 0 Å². The van der Waals surface area contributed by atoms with E-state index in [1.54, 1.807) is 23.5 Å². The molecule has 1 aromatic carbocycles. The summed E-state index contributed by atoms with van der Waals surface area (Å²) in [5.41, 5.74) is 1.80. The zero-order chi connectivity index (χ0) is 18.3. The number of nitrogens with zero attached hydrogens (tertiary/aromatic N) is 2. The molecule has 7 nitrogen and oxygen atoms in total. The Morgan fingerprint density at radius 3 is 2.69 bits per heavy atom. The quantitative estimate of drug-likeness (QED) is 0.597. The van der Waals surface area contributed by atoms with Gasteiger partial charge >= 0.3 is 5.97 Å². The van der Waals surface area contributed by atoms with E-state index in [1.807, 2.05) is 22.9 Å². The van der Waals surface area contributed by atoms with Gasteiger partial charge < -0.3 is 14.2 Å². The summed E-state index contributed by atoms with van der Waals surface area (Å²) in [5, 5.41) is 13.3. The average Bonchev–Trinajstić information content (AvgIpc) is 3.25. The Bertz CT molecular complexity index is 1230. The second-order valence-electron chi connectivity index (χ2n) is 5.66. The third-order valence-electron chi connectivity index (χ3n) is 3.95. The summed E-state index contributed by atoms with van der Waals surface area (Å²) in [6.07, 6.45) is 1.29. The molecule has 26 heavy (non-hydrogen) atoms. The van der Waals surface area contributed by atoms with Gasteiger partial charge in [-0.25, -0.2) is 0 Å². The van der Waals surface area contributed by atoms with E-state index in [-0.39, 0.29) is 11.2 Å². The van der Waals surface area contributed by atoms with Gasteiger partial charge in [-0.3, -0.25) is 14.4 Å². The third-order valence-corrected chi connectivity index (χ3v) is 4.63. The molecule has 0 unspecified atom stereocenters. The van der Waals surface area contributed by atoms with Crippen LogP contribution in [0, 0.1) is 0 Å². The summed E-state index contributed by atoms with van der Waals surface area (Å²) in [5.74, 6) is -1.15. The van der Waals surface area contributed by atoms with Crippen LogP contribution in [0.2, 0.25) is 0 Å². The Balaban J connectivity index is 1.85. The topological polar surface area (TPSA) is 94.4 Å². The van der Waals surface area contributed by atoms with E-state index in [4.69, 9.17) is 9.63 Å². The summed E-state index contributed by atoms with van der Waals surface area (Å²) in [7, 11) is 0. The highest BCUT2D eigenvalue weighted by atomic mass is 32.1. The van der Waals surface area contributed by atoms with Gasteiger partial charge in [0.2, 0.25) is 0 Å². The molecule has 4 aromatic rings. The molecule has 0 bridgehead atoms. The first kappa shape index (κ1) is 16.1. The second kappa shape index (κ2) is 6.16. The zero-order valence-electron chi connectivity index (χ0n) is 13.3. The minimum Gasteiger partial charge on any atom is -0.480 e. The maximum Gasteiger partial charge on any atom is 0.323 e. The van der Waals surface area contributed by atoms with Crippen molar-refractivity contribution in [2.45, 2.75) is 6.54 Å². The van der Waals surface area contributed by atoms with E-state index in [9.17, 15) is 14.4 Å². The van der Waals surface area contributed by atoms with E-state index in [2.05, 4.69) is 0 Å². The van der Waals surface area contributed by atoms with Crippen molar-refractivity contribution in [3.8, 4) is 16.8 Å². The van der Waals surface area contributed by atoms with Crippen LogP contribution >= 0.6 is 11.3 Å². The van der Waals surface area contributed by atoms with Gasteiger partial charge in [0.25, 0.3) is 11.1 Å². The van der Waals surface area contributed by atoms with Gasteiger partial charge in [0.15, 0.2) is 5.58 Å². The molecule has 0 atom stereocenters. The highest BCUT2D eigenvalue weighted by molar-refractivity contribution is 7.08. The van der Waals surface area contributed by atoms with Crippen LogP contribution in [0.1, 0.15) is 0 Å². The van der Waals surface area contributed by atoms with Crippen molar-refractivity contribution < 1.29 is 14.4 Å². The van der Waals surface area contributed by atoms with Gasteiger partial charge in [-0.15, -0.1) is 4.74 Å². The fraction of sp³-hybridized carbons (Fsp3) is 0.0556. The molecule has 0 amide bonds. The van der Waals surface area contributed by atoms with E-state index in [1.165, 1.54) is 18.3 Å². The maximum absolute atomic E-state index is 12.6. The normalized spacial score (nSPS) is 11.1. The van der Waals surface area contributed by atoms with E-state index in [0.717, 1.165) is 20.4 Å². The van der Waals surface area contributed by atoms with Crippen molar-refractivity contribution in [3.63, 3.8) is 0 Å². The minimum atomic E-state index is -1.15. The number of hydrogen-bond donors (Lipinski definition) is 1. The molecule has 0 aliphatic heterocycles. The molecule has 1 N–H and O–H groups in total. The number of carboxylic acid groups (broad SMARTS) is 1. The number of aliphatic carboxylic acids is 1. The molecule has 3 aromatic heterocycles. The van der Waals surface area contributed by atoms with Gasteiger partial charge in [-0.2, -0.15) is 11.3 Å². The summed E-state index contributed by atoms with van der Waals surface area (Å²) >= 11 is 1.57. The lowest BCUT2D eigenvalue weighted by Crippen LogP contribution is -2.24. The van der Waals surface area contributed by atoms with Crippen molar-refractivity contribution in [2.24, 2.45) is 0 Å². The van der Waals surface area contributed by atoms with Crippen LogP contribution in [0.3, 0.4) is 0 Å². The number of thiophene rings is 1. The highest BCUT2D eigenvalue weighted by Crippen LogP contribution is 2.25. The van der Waals surface area contributed by atoms with Crippen LogP contribution in [-0.2, 0) is 11.3 Å². The monoisotopic (exact) mass is 368 g/mol. The number of carboxylic acids is 1. The smallest absolute Gasteiger partial charge is 0.323 e. The predicted octanol–water partition coefficient (Wildman–Crippen LogP) is 2.56. The Kier molecular flexibility index (Phi) is 3.81. The SMILES string of the molecule is O=C(O)Cn1cc(-n2oc3cc(-c4ccsc4)ccc3c2=O)ccc1=O. The first-order chi connectivity index (χ1) is 12.5. The molecule has 0 saturated carbocycles. The number of rotatable bonds is 4. The van der Waals surface area contributed by atoms with Crippen molar-refractivity contribution in [1.29, 1.82) is 0 Å². The Hall–Kier alpha value is -3.39. The number of pyridine rings is 1. The van der Waals surface area contributed by atoms with E-state index in [0.29, 0.717) is 11.0 Å². The van der Waals surface area contributed by atoms with Crippen LogP contribution in [0.4, 0.5) is 0 Å². The lowest BCUT2D eigenvalue weighted by molar-refractivity contribution is -0.137. The molecule has 130 valence electrons. The summed E-state index contributed by atoms with van der Waals surface area (Å²) in [6.45, 7) is -0.496. The second-order valence-corrected chi connectivity index (χ2v) is 6.44. The number of hydrogen-bond acceptors (Lipinski definition) is 5. The van der Waals surface area contributed by atoms with Gasteiger partial charge in [-0.05, 0) is 46.2 Å². The number of benzene rings is 1. The Morgan fingerprint density at radius 2 is 1.96 bits per heavy atom. The number of fused-ring (bicyclic) bond motifs is 1. The standard InChI is InChI=1S/C18H12N2O5S/c21-16-4-2-13(8-19(16)9-17(22)23)20-18(24)14-3-1-11(7-15(14)25-20)12-5-6-26-10-12/h1-8,10H,9H2,(H,22,23). The maximum atomic E-state index is 12.6.